The first-order valence-electron chi connectivity index (χ1n) is 20.6. The van der Waals surface area contributed by atoms with Crippen LogP contribution < -0.4 is 0 Å². The summed E-state index contributed by atoms with van der Waals surface area (Å²) < 4.78 is 1.20. The van der Waals surface area contributed by atoms with Crippen LogP contribution in [0.4, 0.5) is 0 Å². The molecule has 0 aliphatic heterocycles. The molecule has 2 nitrogen and oxygen atoms in total. The van der Waals surface area contributed by atoms with Crippen LogP contribution in [0.25, 0.3) is 110 Å². The zero-order chi connectivity index (χ0) is 40.5. The number of benzene rings is 9. The highest BCUT2D eigenvalue weighted by Gasteiger charge is 2.18. The van der Waals surface area contributed by atoms with Gasteiger partial charge in [0.25, 0.3) is 0 Å². The summed E-state index contributed by atoms with van der Waals surface area (Å²) >= 11 is 1.73. The summed E-state index contributed by atoms with van der Waals surface area (Å²) in [6.45, 7) is 0. The van der Waals surface area contributed by atoms with E-state index < -0.39 is 0 Å². The van der Waals surface area contributed by atoms with Gasteiger partial charge in [-0.25, -0.2) is 9.97 Å². The fraction of sp³-hybridized carbons (Fsp3) is 0. The predicted molar refractivity (Wildman–Crippen MR) is 258 cm³/mol. The highest BCUT2D eigenvalue weighted by atomic mass is 32.1. The summed E-state index contributed by atoms with van der Waals surface area (Å²) in [4.78, 5) is 11.7. The van der Waals surface area contributed by atoms with Crippen LogP contribution in [0, 0.1) is 0 Å². The van der Waals surface area contributed by atoms with Gasteiger partial charge in [0, 0.05) is 26.6 Å². The number of hydrogen-bond donors (Lipinski definition) is 0. The Hall–Kier alpha value is -7.72. The van der Waals surface area contributed by atoms with E-state index in [-0.39, 0.29) is 0 Å². The maximum Gasteiger partial charge on any atom is 0.161 e. The maximum atomic E-state index is 5.43. The molecule has 0 atom stereocenters. The average molecular weight is 795 g/mol. The van der Waals surface area contributed by atoms with Crippen LogP contribution >= 0.6 is 11.3 Å². The van der Waals surface area contributed by atoms with Crippen molar-refractivity contribution in [2.24, 2.45) is 0 Å². The van der Waals surface area contributed by atoms with Gasteiger partial charge in [-0.2, -0.15) is 0 Å². The van der Waals surface area contributed by atoms with Gasteiger partial charge in [0.15, 0.2) is 5.82 Å². The lowest BCUT2D eigenvalue weighted by molar-refractivity contribution is 1.24. The third kappa shape index (κ3) is 7.22. The first kappa shape index (κ1) is 36.4. The Morgan fingerprint density at radius 2 is 0.607 bits per heavy atom. The molecule has 2 aromatic heterocycles. The molecule has 0 radical (unpaired) electrons. The van der Waals surface area contributed by atoms with Gasteiger partial charge in [-0.1, -0.05) is 200 Å². The summed E-state index contributed by atoms with van der Waals surface area (Å²) in [6.07, 6.45) is 0. The van der Waals surface area contributed by atoms with E-state index in [0.717, 1.165) is 55.1 Å². The van der Waals surface area contributed by atoms with E-state index in [0.29, 0.717) is 0 Å². The van der Waals surface area contributed by atoms with Crippen molar-refractivity contribution < 1.29 is 0 Å². The van der Waals surface area contributed by atoms with Crippen molar-refractivity contribution >= 4 is 31.6 Å². The van der Waals surface area contributed by atoms with E-state index in [2.05, 4.69) is 231 Å². The predicted octanol–water partition coefficient (Wildman–Crippen LogP) is 16.2. The molecule has 0 spiro atoms. The summed E-state index contributed by atoms with van der Waals surface area (Å²) in [5.74, 6) is 0.718. The monoisotopic (exact) mass is 794 g/mol. The van der Waals surface area contributed by atoms with Gasteiger partial charge in [0.1, 0.15) is 4.83 Å². The van der Waals surface area contributed by atoms with Crippen molar-refractivity contribution in [3.05, 3.63) is 231 Å². The lowest BCUT2D eigenvalue weighted by Gasteiger charge is -2.12. The van der Waals surface area contributed by atoms with Crippen LogP contribution in [-0.2, 0) is 0 Å². The smallest absolute Gasteiger partial charge is 0.161 e. The third-order valence-corrected chi connectivity index (χ3v) is 12.6. The zero-order valence-corrected chi connectivity index (χ0v) is 34.1. The second-order valence-corrected chi connectivity index (χ2v) is 16.4. The van der Waals surface area contributed by atoms with Crippen LogP contribution in [0.5, 0.6) is 0 Å². The minimum Gasteiger partial charge on any atom is -0.227 e. The van der Waals surface area contributed by atoms with E-state index in [4.69, 9.17) is 9.97 Å². The van der Waals surface area contributed by atoms with E-state index in [1.165, 1.54) is 54.6 Å². The van der Waals surface area contributed by atoms with E-state index in [9.17, 15) is 0 Å². The fourth-order valence-electron chi connectivity index (χ4n) is 8.37. The molecule has 0 saturated carbocycles. The van der Waals surface area contributed by atoms with Crippen molar-refractivity contribution in [1.82, 2.24) is 9.97 Å². The van der Waals surface area contributed by atoms with Crippen LogP contribution in [0.3, 0.4) is 0 Å². The average Bonchev–Trinajstić information content (AvgIpc) is 3.73. The molecule has 286 valence electrons. The van der Waals surface area contributed by atoms with Gasteiger partial charge in [0.2, 0.25) is 0 Å². The van der Waals surface area contributed by atoms with Crippen LogP contribution in [0.15, 0.2) is 231 Å². The molecule has 0 aliphatic carbocycles. The molecular weight excluding hydrogens is 757 g/mol. The number of rotatable bonds is 8. The molecular formula is C58H38N2S. The normalized spacial score (nSPS) is 11.3. The van der Waals surface area contributed by atoms with E-state index >= 15 is 0 Å². The number of fused-ring (bicyclic) bond motifs is 3. The Morgan fingerprint density at radius 3 is 1.11 bits per heavy atom. The minimum absolute atomic E-state index is 0.718. The van der Waals surface area contributed by atoms with Gasteiger partial charge in [-0.15, -0.1) is 11.3 Å². The van der Waals surface area contributed by atoms with Gasteiger partial charge >= 0.3 is 0 Å². The summed E-state index contributed by atoms with van der Waals surface area (Å²) in [5.41, 5.74) is 17.2. The largest absolute Gasteiger partial charge is 0.227 e. The molecule has 0 saturated heterocycles. The number of thiophene rings is 1. The van der Waals surface area contributed by atoms with Crippen molar-refractivity contribution in [3.63, 3.8) is 0 Å². The Bertz CT molecular complexity index is 3330. The van der Waals surface area contributed by atoms with Crippen LogP contribution in [0.2, 0.25) is 0 Å². The Balaban J connectivity index is 0.949. The van der Waals surface area contributed by atoms with Gasteiger partial charge in [0.05, 0.1) is 5.69 Å². The second-order valence-electron chi connectivity index (χ2n) is 15.4. The highest BCUT2D eigenvalue weighted by molar-refractivity contribution is 7.25. The molecule has 3 heteroatoms. The molecule has 11 aromatic rings. The highest BCUT2D eigenvalue weighted by Crippen LogP contribution is 2.41. The minimum atomic E-state index is 0.718. The topological polar surface area (TPSA) is 25.8 Å². The number of nitrogens with zero attached hydrogens (tertiary/aromatic N) is 2. The summed E-state index contributed by atoms with van der Waals surface area (Å²) in [6, 6.07) is 82.4. The second kappa shape index (κ2) is 15.8. The summed E-state index contributed by atoms with van der Waals surface area (Å²) in [7, 11) is 0. The Labute approximate surface area is 359 Å². The van der Waals surface area contributed by atoms with Crippen LogP contribution in [0.1, 0.15) is 0 Å². The quantitative estimate of drug-likeness (QED) is 0.153. The molecule has 0 unspecified atom stereocenters. The fourth-order valence-corrected chi connectivity index (χ4v) is 9.45. The van der Waals surface area contributed by atoms with Crippen molar-refractivity contribution in [2.45, 2.75) is 0 Å². The molecule has 9 aromatic carbocycles. The van der Waals surface area contributed by atoms with Crippen molar-refractivity contribution in [1.29, 1.82) is 0 Å². The number of aromatic nitrogens is 2. The van der Waals surface area contributed by atoms with Gasteiger partial charge < -0.3 is 0 Å². The Kier molecular flexibility index (Phi) is 9.42. The first-order valence-corrected chi connectivity index (χ1v) is 21.4. The molecule has 0 fully saturated rings. The summed E-state index contributed by atoms with van der Waals surface area (Å²) in [5, 5.41) is 2.27. The van der Waals surface area contributed by atoms with E-state index in [1.54, 1.807) is 11.3 Å². The molecule has 2 heterocycles. The molecule has 0 amide bonds. The molecule has 0 aliphatic rings. The standard InChI is InChI=1S/C58H38N2S/c1-3-13-39(14-4-1)41-27-31-43(32-28-41)45-17-9-19-47(35-45)49-21-11-23-51(37-49)56-55-53-25-7-8-26-54(53)61-58(55)60-57(59-56)52-24-12-22-50(38-52)48-20-10-18-46(36-48)44-33-29-42(30-34-44)40-15-5-2-6-16-40/h1-38H. The molecule has 0 bridgehead atoms. The molecule has 61 heavy (non-hydrogen) atoms. The van der Waals surface area contributed by atoms with Crippen molar-refractivity contribution in [3.8, 4) is 89.4 Å². The lowest BCUT2D eigenvalue weighted by atomic mass is 9.95. The third-order valence-electron chi connectivity index (χ3n) is 11.5. The maximum absolute atomic E-state index is 5.43. The molecule has 11 rings (SSSR count). The lowest BCUT2D eigenvalue weighted by Crippen LogP contribution is -1.94. The SMILES string of the molecule is c1ccc(-c2ccc(-c3cccc(-c4cccc(-c5nc(-c6cccc(-c7cccc(-c8ccc(-c9ccccc9)cc8)c7)c6)c6c(n5)sc5ccccc56)c4)c3)cc2)cc1. The van der Waals surface area contributed by atoms with Crippen LogP contribution in [-0.4, -0.2) is 9.97 Å². The number of hydrogen-bond acceptors (Lipinski definition) is 3. The van der Waals surface area contributed by atoms with Crippen molar-refractivity contribution in [2.75, 3.05) is 0 Å². The Morgan fingerprint density at radius 1 is 0.262 bits per heavy atom. The zero-order valence-electron chi connectivity index (χ0n) is 33.2. The van der Waals surface area contributed by atoms with Gasteiger partial charge in [-0.05, 0) is 97.1 Å². The molecule has 0 N–H and O–H groups in total. The first-order chi connectivity index (χ1) is 30.2. The van der Waals surface area contributed by atoms with Gasteiger partial charge in [-0.3, -0.25) is 0 Å². The van der Waals surface area contributed by atoms with E-state index in [1.807, 2.05) is 0 Å².